The number of esters is 1. The van der Waals surface area contributed by atoms with E-state index in [1.54, 1.807) is 30.5 Å². The number of unbranched alkanes of at least 4 members (excludes halogenated alkanes) is 2. The highest BCUT2D eigenvalue weighted by molar-refractivity contribution is 7.09. The number of carbonyl (C=O) groups is 3. The Morgan fingerprint density at radius 1 is 1.12 bits per heavy atom. The van der Waals surface area contributed by atoms with Crippen molar-refractivity contribution in [1.29, 1.82) is 0 Å². The largest absolute Gasteiger partial charge is 0.465 e. The summed E-state index contributed by atoms with van der Waals surface area (Å²) in [7, 11) is 1.33. The Morgan fingerprint density at radius 2 is 1.88 bits per heavy atom. The van der Waals surface area contributed by atoms with Crippen molar-refractivity contribution in [1.82, 2.24) is 24.3 Å². The van der Waals surface area contributed by atoms with E-state index >= 15 is 0 Å². The number of imide groups is 1. The van der Waals surface area contributed by atoms with Gasteiger partial charge in [-0.05, 0) is 43.5 Å². The zero-order valence-electron chi connectivity index (χ0n) is 23.7. The van der Waals surface area contributed by atoms with Crippen LogP contribution in [0.15, 0.2) is 35.5 Å². The molecule has 12 heteroatoms. The van der Waals surface area contributed by atoms with Crippen molar-refractivity contribution < 1.29 is 19.1 Å². The number of benzene rings is 1. The summed E-state index contributed by atoms with van der Waals surface area (Å²) in [5.74, 6) is 0.0643. The summed E-state index contributed by atoms with van der Waals surface area (Å²) in [5, 5.41) is 3.23. The molecule has 9 nitrogen and oxygen atoms in total. The first-order valence-corrected chi connectivity index (χ1v) is 14.7. The maximum atomic E-state index is 13.5. The molecule has 1 aromatic carbocycles. The molecule has 0 radical (unpaired) electrons. The van der Waals surface area contributed by atoms with Gasteiger partial charge in [0.1, 0.15) is 11.5 Å². The monoisotopic (exact) mass is 619 g/mol. The minimum atomic E-state index is -0.461. The van der Waals surface area contributed by atoms with Gasteiger partial charge in [-0.3, -0.25) is 14.6 Å². The molecule has 3 amide bonds. The van der Waals surface area contributed by atoms with Gasteiger partial charge < -0.3 is 9.30 Å². The second-order valence-electron chi connectivity index (χ2n) is 9.65. The molecule has 0 unspecified atom stereocenters. The van der Waals surface area contributed by atoms with Crippen LogP contribution in [0.5, 0.6) is 0 Å². The lowest BCUT2D eigenvalue weighted by molar-refractivity contribution is -0.123. The lowest BCUT2D eigenvalue weighted by Crippen LogP contribution is -2.33. The first-order chi connectivity index (χ1) is 19.3. The molecule has 0 saturated carbocycles. The molecule has 1 saturated heterocycles. The van der Waals surface area contributed by atoms with Crippen LogP contribution in [-0.2, 0) is 29.0 Å². The van der Waals surface area contributed by atoms with Gasteiger partial charge in [-0.1, -0.05) is 44.4 Å². The molecule has 1 aliphatic rings. The number of hydrogen-bond acceptors (Lipinski definition) is 7. The molecule has 0 aliphatic carbocycles. The number of imidazole rings is 1. The zero-order chi connectivity index (χ0) is 28.8. The Hall–Kier alpha value is -3.21. The summed E-state index contributed by atoms with van der Waals surface area (Å²) in [6, 6.07) is 4.72. The van der Waals surface area contributed by atoms with E-state index in [-0.39, 0.29) is 30.9 Å². The summed E-state index contributed by atoms with van der Waals surface area (Å²) >= 11 is 8.08. The summed E-state index contributed by atoms with van der Waals surface area (Å²) < 4.78 is 6.82. The van der Waals surface area contributed by atoms with E-state index in [0.717, 1.165) is 54.2 Å². The molecule has 4 rings (SSSR count). The van der Waals surface area contributed by atoms with Gasteiger partial charge in [0.15, 0.2) is 0 Å². The lowest BCUT2D eigenvalue weighted by atomic mass is 10.1. The fourth-order valence-electron chi connectivity index (χ4n) is 4.53. The minimum Gasteiger partial charge on any atom is -0.465 e. The topological polar surface area (TPSA) is 97.6 Å². The van der Waals surface area contributed by atoms with Gasteiger partial charge in [-0.2, -0.15) is 0 Å². The Bertz CT molecular complexity index is 1430. The number of ether oxygens (including phenoxy) is 1. The quantitative estimate of drug-likeness (QED) is 0.130. The van der Waals surface area contributed by atoms with Crippen LogP contribution in [-0.4, -0.2) is 55.9 Å². The standard InChI is InChI=1S/C29H34ClN5O4S.ClH/c1-5-7-9-26-31-15-23(34(26)16-21-11-10-20(13-24(21)30)28(37)39-4)14-25-27(36)33(12-8-6-2)29(38)35(25)17-22-18-40-19(3)32-22;/h10-11,13-15,18H,5-9,12,16-17H2,1-4H3;1H. The van der Waals surface area contributed by atoms with Crippen molar-refractivity contribution in [3.8, 4) is 0 Å². The predicted octanol–water partition coefficient (Wildman–Crippen LogP) is 6.51. The number of aryl methyl sites for hydroxylation is 2. The SMILES string of the molecule is CCCCc1ncc(C=C2C(=O)N(CCCC)C(=O)N2Cc2csc(C)n2)n1Cc1ccc(C(=O)OC)cc1Cl.Cl. The van der Waals surface area contributed by atoms with Gasteiger partial charge in [0.05, 0.1) is 48.4 Å². The fourth-order valence-corrected chi connectivity index (χ4v) is 5.37. The Balaban J connectivity index is 0.00000462. The highest BCUT2D eigenvalue weighted by atomic mass is 35.5. The molecule has 0 atom stereocenters. The van der Waals surface area contributed by atoms with E-state index in [1.165, 1.54) is 28.2 Å². The molecular weight excluding hydrogens is 585 g/mol. The number of aromatic nitrogens is 3. The molecule has 2 aromatic heterocycles. The third-order valence-electron chi connectivity index (χ3n) is 6.75. The molecule has 0 spiro atoms. The molecule has 1 fully saturated rings. The second kappa shape index (κ2) is 14.6. The summed E-state index contributed by atoms with van der Waals surface area (Å²) in [6.45, 7) is 7.00. The van der Waals surface area contributed by atoms with Crippen molar-refractivity contribution in [2.75, 3.05) is 13.7 Å². The molecule has 0 N–H and O–H groups in total. The van der Waals surface area contributed by atoms with Crippen LogP contribution in [0, 0.1) is 6.92 Å². The maximum absolute atomic E-state index is 13.5. The van der Waals surface area contributed by atoms with Crippen molar-refractivity contribution in [2.45, 2.75) is 66.0 Å². The average molecular weight is 621 g/mol. The van der Waals surface area contributed by atoms with Crippen molar-refractivity contribution >= 4 is 59.3 Å². The van der Waals surface area contributed by atoms with Crippen LogP contribution < -0.4 is 0 Å². The van der Waals surface area contributed by atoms with E-state index in [1.807, 2.05) is 23.8 Å². The summed E-state index contributed by atoms with van der Waals surface area (Å²) in [6.07, 6.45) is 7.75. The first kappa shape index (κ1) is 32.3. The van der Waals surface area contributed by atoms with E-state index in [9.17, 15) is 14.4 Å². The van der Waals surface area contributed by atoms with Gasteiger partial charge in [0, 0.05) is 23.4 Å². The summed E-state index contributed by atoms with van der Waals surface area (Å²) in [4.78, 5) is 50.9. The van der Waals surface area contributed by atoms with Gasteiger partial charge in [-0.15, -0.1) is 23.7 Å². The Labute approximate surface area is 255 Å². The predicted molar refractivity (Wildman–Crippen MR) is 162 cm³/mol. The van der Waals surface area contributed by atoms with Crippen LogP contribution >= 0.6 is 35.3 Å². The van der Waals surface area contributed by atoms with E-state index in [0.29, 0.717) is 35.1 Å². The van der Waals surface area contributed by atoms with Crippen LogP contribution in [0.25, 0.3) is 6.08 Å². The van der Waals surface area contributed by atoms with Crippen LogP contribution in [0.2, 0.25) is 5.02 Å². The molecule has 0 bridgehead atoms. The van der Waals surface area contributed by atoms with Crippen molar-refractivity contribution in [3.05, 3.63) is 73.8 Å². The second-order valence-corrected chi connectivity index (χ2v) is 11.1. The number of methoxy groups -OCH3 is 1. The molecule has 3 aromatic rings. The number of halogens is 2. The van der Waals surface area contributed by atoms with Crippen LogP contribution in [0.3, 0.4) is 0 Å². The maximum Gasteiger partial charge on any atom is 0.337 e. The molecule has 41 heavy (non-hydrogen) atoms. The third kappa shape index (κ3) is 7.36. The number of thiazole rings is 1. The smallest absolute Gasteiger partial charge is 0.337 e. The molecule has 220 valence electrons. The van der Waals surface area contributed by atoms with Gasteiger partial charge in [-0.25, -0.2) is 19.6 Å². The minimum absolute atomic E-state index is 0. The number of urea groups is 1. The number of nitrogens with zero attached hydrogens (tertiary/aromatic N) is 5. The third-order valence-corrected chi connectivity index (χ3v) is 7.92. The highest BCUT2D eigenvalue weighted by Gasteiger charge is 2.41. The number of rotatable bonds is 12. The lowest BCUT2D eigenvalue weighted by Gasteiger charge is -2.16. The van der Waals surface area contributed by atoms with Crippen LogP contribution in [0.4, 0.5) is 4.79 Å². The first-order valence-electron chi connectivity index (χ1n) is 13.4. The number of amides is 3. The fraction of sp³-hybridized carbons (Fsp3) is 0.414. The molecular formula is C29H35Cl2N5O4S. The molecule has 1 aliphatic heterocycles. The van der Waals surface area contributed by atoms with Crippen molar-refractivity contribution in [2.24, 2.45) is 0 Å². The zero-order valence-corrected chi connectivity index (χ0v) is 26.1. The van der Waals surface area contributed by atoms with Crippen LogP contribution in [0.1, 0.15) is 77.7 Å². The number of hydrogen-bond donors (Lipinski definition) is 0. The summed E-state index contributed by atoms with van der Waals surface area (Å²) in [5.41, 5.74) is 2.87. The van der Waals surface area contributed by atoms with Crippen molar-refractivity contribution in [3.63, 3.8) is 0 Å². The van der Waals surface area contributed by atoms with Gasteiger partial charge in [0.25, 0.3) is 5.91 Å². The van der Waals surface area contributed by atoms with E-state index < -0.39 is 5.97 Å². The van der Waals surface area contributed by atoms with E-state index in [4.69, 9.17) is 16.3 Å². The van der Waals surface area contributed by atoms with Gasteiger partial charge in [0.2, 0.25) is 0 Å². The normalized spacial score (nSPS) is 14.2. The number of carbonyl (C=O) groups excluding carboxylic acids is 3. The van der Waals surface area contributed by atoms with E-state index in [2.05, 4.69) is 16.9 Å². The Morgan fingerprint density at radius 3 is 2.51 bits per heavy atom. The highest BCUT2D eigenvalue weighted by Crippen LogP contribution is 2.28. The van der Waals surface area contributed by atoms with Gasteiger partial charge >= 0.3 is 12.0 Å². The Kier molecular flexibility index (Phi) is 11.5. The average Bonchev–Trinajstić information content (AvgIpc) is 3.59. The molecule has 3 heterocycles.